The van der Waals surface area contributed by atoms with E-state index in [4.69, 9.17) is 52.1 Å². The summed E-state index contributed by atoms with van der Waals surface area (Å²) in [5, 5.41) is 37.7. The van der Waals surface area contributed by atoms with Gasteiger partial charge in [0.1, 0.15) is 5.76 Å². The summed E-state index contributed by atoms with van der Waals surface area (Å²) in [4.78, 5) is 57.2. The first-order chi connectivity index (χ1) is 36.1. The Balaban J connectivity index is 1.18. The number of pyridine rings is 1. The zero-order valence-corrected chi connectivity index (χ0v) is 42.6. The van der Waals surface area contributed by atoms with E-state index in [0.717, 1.165) is 11.0 Å². The molecule has 20 nitrogen and oxygen atoms in total. The van der Waals surface area contributed by atoms with Crippen LogP contribution in [0, 0.1) is 39.2 Å². The fourth-order valence-corrected chi connectivity index (χ4v) is 10.6. The third kappa shape index (κ3) is 11.6. The fourth-order valence-electron chi connectivity index (χ4n) is 10.6. The van der Waals surface area contributed by atoms with Crippen molar-refractivity contribution < 1.29 is 66.9 Å². The first-order valence-electron chi connectivity index (χ1n) is 25.3. The third-order valence-corrected chi connectivity index (χ3v) is 13.9. The van der Waals surface area contributed by atoms with Crippen LogP contribution < -0.4 is 21.7 Å². The molecule has 0 saturated heterocycles. The number of Topliss-reactive ketones (excluding diaryl/α,β-unsaturated/α-hetero) is 1. The summed E-state index contributed by atoms with van der Waals surface area (Å²) in [5.41, 5.74) is -0.983. The molecule has 0 spiro atoms. The Kier molecular flexibility index (Phi) is 19.2. The summed E-state index contributed by atoms with van der Waals surface area (Å²) in [5.74, 6) is -2.05. The molecule has 0 aromatic heterocycles. The average Bonchev–Trinajstić information content (AvgIpc) is 4.14. The van der Waals surface area contributed by atoms with E-state index in [1.807, 2.05) is 6.92 Å². The first kappa shape index (κ1) is 54.9. The number of carbonyl (C=O) groups excluding carboxylic acids is 1. The number of methoxy groups -OCH3 is 3. The number of fused-ring (bicyclic) bond motifs is 3. The number of aromatic nitrogens is 1. The van der Waals surface area contributed by atoms with Crippen LogP contribution in [0.15, 0.2) is 46.0 Å². The van der Waals surface area contributed by atoms with Crippen molar-refractivity contribution in [3.05, 3.63) is 83.4 Å². The predicted octanol–water partition coefficient (Wildman–Crippen LogP) is 4.66. The second kappa shape index (κ2) is 25.9. The first-order valence-corrected chi connectivity index (χ1v) is 25.3. The Morgan fingerprint density at radius 2 is 1.11 bits per heavy atom. The summed E-state index contributed by atoms with van der Waals surface area (Å²) in [6.07, 6.45) is 1.30. The van der Waals surface area contributed by atoms with Gasteiger partial charge in [-0.2, -0.15) is 0 Å². The van der Waals surface area contributed by atoms with Gasteiger partial charge in [-0.3, -0.25) is 29.1 Å². The number of nitro benzene ring substituents is 1. The number of non-ortho nitro benzene ring substituents is 1. The van der Waals surface area contributed by atoms with Gasteiger partial charge < -0.3 is 62.6 Å². The lowest BCUT2D eigenvalue weighted by Gasteiger charge is -2.24. The lowest BCUT2D eigenvalue weighted by molar-refractivity contribution is -0.383. The van der Waals surface area contributed by atoms with Crippen molar-refractivity contribution in [3.8, 4) is 11.1 Å². The Bertz CT molecular complexity index is 3060. The second-order valence-electron chi connectivity index (χ2n) is 18.7. The Hall–Kier alpha value is -5.36. The van der Waals surface area contributed by atoms with Crippen molar-refractivity contribution in [2.75, 3.05) is 147 Å². The number of nitrogens with zero attached hydrogens (tertiary/aromatic N) is 2. The molecular weight excluding hydrogens is 963 g/mol. The van der Waals surface area contributed by atoms with Gasteiger partial charge in [-0.1, -0.05) is 25.1 Å². The highest BCUT2D eigenvalue weighted by Crippen LogP contribution is 2.57. The summed E-state index contributed by atoms with van der Waals surface area (Å²) in [7, 11) is 4.77. The molecule has 2 N–H and O–H groups in total. The minimum absolute atomic E-state index is 0.0573. The molecule has 3 unspecified atom stereocenters. The van der Waals surface area contributed by atoms with Gasteiger partial charge in [-0.05, 0) is 41.7 Å². The highest BCUT2D eigenvalue weighted by atomic mass is 16.6. The molecule has 20 heteroatoms. The van der Waals surface area contributed by atoms with Crippen molar-refractivity contribution in [1.29, 1.82) is 5.41 Å². The highest BCUT2D eigenvalue weighted by Gasteiger charge is 2.58. The monoisotopic (exact) mass is 1030 g/mol. The zero-order valence-electron chi connectivity index (χ0n) is 42.6. The molecule has 4 aromatic carbocycles. The maximum Gasteiger partial charge on any atom is 0.278 e. The van der Waals surface area contributed by atoms with E-state index in [-0.39, 0.29) is 94.6 Å². The van der Waals surface area contributed by atoms with E-state index in [2.05, 4.69) is 0 Å². The molecule has 0 amide bonds. The second-order valence-corrected chi connectivity index (χ2v) is 18.7. The van der Waals surface area contributed by atoms with Crippen molar-refractivity contribution in [2.45, 2.75) is 25.8 Å². The molecule has 74 heavy (non-hydrogen) atoms. The van der Waals surface area contributed by atoms with E-state index in [9.17, 15) is 35.0 Å². The summed E-state index contributed by atoms with van der Waals surface area (Å²) in [6.45, 7) is 7.95. The van der Waals surface area contributed by atoms with Crippen molar-refractivity contribution in [3.63, 3.8) is 0 Å². The van der Waals surface area contributed by atoms with Gasteiger partial charge in [0.15, 0.2) is 5.78 Å². The van der Waals surface area contributed by atoms with Gasteiger partial charge in [-0.15, -0.1) is 0 Å². The predicted molar refractivity (Wildman–Crippen MR) is 274 cm³/mol. The molecule has 400 valence electrons. The summed E-state index contributed by atoms with van der Waals surface area (Å²) in [6, 6.07) is 8.40. The van der Waals surface area contributed by atoms with Crippen molar-refractivity contribution in [2.24, 2.45) is 23.7 Å². The number of carbonyl (C=O) groups is 1. The fraction of sp³-hybridized carbons (Fsp3) is 0.556. The van der Waals surface area contributed by atoms with Crippen LogP contribution in [0.1, 0.15) is 36.2 Å². The molecule has 1 heterocycles. The highest BCUT2D eigenvalue weighted by molar-refractivity contribution is 6.37. The molecule has 0 radical (unpaired) electrons. The lowest BCUT2D eigenvalue weighted by atomic mass is 9.82. The molecule has 0 bridgehead atoms. The number of nitrogens with one attached hydrogen (secondary N) is 1. The molecular formula is C54H67N3O17. The zero-order chi connectivity index (χ0) is 52.3. The number of rotatable bonds is 35. The van der Waals surface area contributed by atoms with E-state index in [0.29, 0.717) is 137 Å². The maximum absolute atomic E-state index is 14.9. The Morgan fingerprint density at radius 3 is 1.68 bits per heavy atom. The van der Waals surface area contributed by atoms with E-state index < -0.39 is 33.9 Å². The summed E-state index contributed by atoms with van der Waals surface area (Å²) < 4.78 is 62.4. The van der Waals surface area contributed by atoms with Crippen LogP contribution in [0.5, 0.6) is 0 Å². The molecule has 3 aliphatic carbocycles. The SMILES string of the molecule is CCCOCCOCC(COCCOCCOC)n1c(=O)c2cc(=N)c3c4ccc5c6c(cc([N+](=O)[O-])c(c7ccc(c-2c73)c1=O)c64)=C(O)C1C(CC(COCCOCCOC)COCCOCCOC)[C@H]1C5=O. The number of ketones is 1. The quantitative estimate of drug-likeness (QED) is 0.0181. The number of benzene rings is 5. The summed E-state index contributed by atoms with van der Waals surface area (Å²) >= 11 is 0. The van der Waals surface area contributed by atoms with E-state index in [1.165, 1.54) is 12.1 Å². The van der Waals surface area contributed by atoms with Gasteiger partial charge >= 0.3 is 0 Å². The molecule has 1 saturated carbocycles. The van der Waals surface area contributed by atoms with Crippen LogP contribution >= 0.6 is 0 Å². The van der Waals surface area contributed by atoms with Gasteiger partial charge in [0, 0.05) is 95.0 Å². The van der Waals surface area contributed by atoms with Crippen LogP contribution in [-0.4, -0.2) is 167 Å². The van der Waals surface area contributed by atoms with Crippen molar-refractivity contribution >= 4 is 60.3 Å². The number of hydrogen-bond acceptors (Lipinski definition) is 18. The molecule has 1 aliphatic heterocycles. The van der Waals surface area contributed by atoms with Crippen LogP contribution in [0.4, 0.5) is 5.69 Å². The smallest absolute Gasteiger partial charge is 0.278 e. The van der Waals surface area contributed by atoms with Crippen molar-refractivity contribution in [1.82, 2.24) is 4.57 Å². The van der Waals surface area contributed by atoms with E-state index in [1.54, 1.807) is 45.6 Å². The van der Waals surface area contributed by atoms with Gasteiger partial charge in [0.25, 0.3) is 16.8 Å². The van der Waals surface area contributed by atoms with Crippen LogP contribution in [0.3, 0.4) is 0 Å². The van der Waals surface area contributed by atoms with Gasteiger partial charge in [0.2, 0.25) is 0 Å². The number of nitro groups is 1. The molecule has 4 atom stereocenters. The van der Waals surface area contributed by atoms with Crippen LogP contribution in [0.2, 0.25) is 0 Å². The topological polar surface area (TPSA) is 245 Å². The molecule has 4 aromatic rings. The third-order valence-electron chi connectivity index (χ3n) is 13.9. The minimum Gasteiger partial charge on any atom is -0.511 e. The number of aliphatic hydroxyl groups is 1. The Morgan fingerprint density at radius 1 is 0.595 bits per heavy atom. The maximum atomic E-state index is 14.9. The number of ether oxygens (including phenoxy) is 11. The lowest BCUT2D eigenvalue weighted by Crippen LogP contribution is -2.42. The van der Waals surface area contributed by atoms with Crippen LogP contribution in [-0.2, 0) is 52.1 Å². The standard InChI is InChI=1S/C54H67N3O17/c1-5-10-67-17-23-73-30-33(31-74-24-20-70-16-13-66-4)56-53(60)37-9-7-35-46-42(57(62)63)27-39-43-36(8-6-34(48(43)46)45-41(55)26-40(54(56)61)44(37)47(35)45)51(58)49-38(50(49)52(39)59)25-32(28-71-21-18-68-14-11-64-2)29-72-22-19-69-15-12-65-3/h6-9,26-27,32-33,38,49-50,55,59H,5,10-25,28-31H2,1-4H3/t33?,38?,49-,50?/m1/s1. The molecule has 4 aliphatic rings. The molecule has 1 fully saturated rings. The van der Waals surface area contributed by atoms with Gasteiger partial charge in [0.05, 0.1) is 146 Å². The van der Waals surface area contributed by atoms with Gasteiger partial charge in [-0.25, -0.2) is 0 Å². The number of hydrogen-bond donors (Lipinski definition) is 2. The number of aliphatic hydroxyl groups excluding tert-OH is 1. The molecule has 8 rings (SSSR count). The normalized spacial score (nSPS) is 17.0. The minimum atomic E-state index is -0.876. The van der Waals surface area contributed by atoms with Crippen LogP contribution in [0.25, 0.3) is 60.0 Å². The van der Waals surface area contributed by atoms with E-state index >= 15 is 0 Å². The average molecular weight is 1030 g/mol. The Labute approximate surface area is 426 Å². The largest absolute Gasteiger partial charge is 0.511 e.